The van der Waals surface area contributed by atoms with Crippen LogP contribution in [0.15, 0.2) is 78.9 Å². The molecule has 2 fully saturated rings. The van der Waals surface area contributed by atoms with Crippen molar-refractivity contribution in [2.75, 3.05) is 18.3 Å². The molecule has 3 aliphatic heterocycles. The standard InChI is InChI=1S/C30H30N2O4S/c33-28-19-25(23-11-12-26-27(18-23)36-20-35-26)32(28)30(13-15-37-16-14-30)29(34)31-24(22-9-5-2-6-10-22)17-21-7-3-1-4-8-21/h1-12,18,24-25H,13-17,19-20H2,(H,31,34). The molecule has 6 rings (SSSR count). The molecule has 2 atom stereocenters. The summed E-state index contributed by atoms with van der Waals surface area (Å²) in [6.45, 7) is 0.206. The molecular weight excluding hydrogens is 484 g/mol. The molecule has 1 N–H and O–H groups in total. The summed E-state index contributed by atoms with van der Waals surface area (Å²) in [6, 6.07) is 25.8. The fraction of sp³-hybridized carbons (Fsp3) is 0.333. The number of likely N-dealkylation sites (tertiary alicyclic amines) is 1. The van der Waals surface area contributed by atoms with Gasteiger partial charge < -0.3 is 19.7 Å². The molecular formula is C30H30N2O4S. The van der Waals surface area contributed by atoms with Gasteiger partial charge in [-0.1, -0.05) is 66.7 Å². The number of hydrogen-bond acceptors (Lipinski definition) is 5. The summed E-state index contributed by atoms with van der Waals surface area (Å²) in [5.74, 6) is 3.08. The molecule has 3 aromatic carbocycles. The van der Waals surface area contributed by atoms with E-state index in [-0.39, 0.29) is 30.7 Å². The van der Waals surface area contributed by atoms with Crippen LogP contribution >= 0.6 is 11.8 Å². The zero-order chi connectivity index (χ0) is 25.2. The van der Waals surface area contributed by atoms with Crippen LogP contribution in [0.1, 0.15) is 48.0 Å². The van der Waals surface area contributed by atoms with Gasteiger partial charge in [-0.3, -0.25) is 9.59 Å². The molecule has 3 aromatic rings. The number of rotatable bonds is 7. The van der Waals surface area contributed by atoms with Gasteiger partial charge in [-0.15, -0.1) is 0 Å². The van der Waals surface area contributed by atoms with Gasteiger partial charge in [0.05, 0.1) is 18.5 Å². The zero-order valence-corrected chi connectivity index (χ0v) is 21.4. The average Bonchev–Trinajstić information content (AvgIpc) is 3.41. The summed E-state index contributed by atoms with van der Waals surface area (Å²) in [6.07, 6.45) is 2.36. The van der Waals surface area contributed by atoms with Gasteiger partial charge in [0.25, 0.3) is 0 Å². The number of nitrogens with one attached hydrogen (secondary N) is 1. The summed E-state index contributed by atoms with van der Waals surface area (Å²) in [4.78, 5) is 29.3. The minimum absolute atomic E-state index is 0.0315. The molecule has 190 valence electrons. The molecule has 0 radical (unpaired) electrons. The van der Waals surface area contributed by atoms with Crippen LogP contribution in [-0.4, -0.2) is 40.6 Å². The van der Waals surface area contributed by atoms with Gasteiger partial charge in [-0.05, 0) is 59.6 Å². The summed E-state index contributed by atoms with van der Waals surface area (Å²) in [5.41, 5.74) is 2.33. The van der Waals surface area contributed by atoms with Crippen LogP contribution in [0, 0.1) is 0 Å². The smallest absolute Gasteiger partial charge is 0.246 e. The highest BCUT2D eigenvalue weighted by Gasteiger charge is 2.55. The third-order valence-corrected chi connectivity index (χ3v) is 8.71. The van der Waals surface area contributed by atoms with Gasteiger partial charge in [0, 0.05) is 0 Å². The number of thioether (sulfide) groups is 1. The molecule has 6 nitrogen and oxygen atoms in total. The Morgan fingerprint density at radius 3 is 2.41 bits per heavy atom. The summed E-state index contributed by atoms with van der Waals surface area (Å²) >= 11 is 1.84. The van der Waals surface area contributed by atoms with Gasteiger partial charge in [-0.2, -0.15) is 11.8 Å². The van der Waals surface area contributed by atoms with E-state index in [4.69, 9.17) is 9.47 Å². The summed E-state index contributed by atoms with van der Waals surface area (Å²) in [5, 5.41) is 3.39. The minimum atomic E-state index is -0.870. The van der Waals surface area contributed by atoms with Crippen molar-refractivity contribution >= 4 is 23.6 Å². The van der Waals surface area contributed by atoms with Crippen LogP contribution in [0.5, 0.6) is 11.5 Å². The van der Waals surface area contributed by atoms with E-state index in [1.54, 1.807) is 0 Å². The number of carbonyl (C=O) groups excluding carboxylic acids is 2. The molecule has 0 aliphatic carbocycles. The molecule has 2 amide bonds. The average molecular weight is 515 g/mol. The Morgan fingerprint density at radius 1 is 0.973 bits per heavy atom. The third kappa shape index (κ3) is 4.57. The Bertz CT molecular complexity index is 1280. The van der Waals surface area contributed by atoms with Crippen molar-refractivity contribution in [1.82, 2.24) is 10.2 Å². The van der Waals surface area contributed by atoms with E-state index in [1.807, 2.05) is 71.3 Å². The Kier molecular flexibility index (Phi) is 6.55. The van der Waals surface area contributed by atoms with E-state index in [2.05, 4.69) is 29.6 Å². The lowest BCUT2D eigenvalue weighted by molar-refractivity contribution is -0.166. The van der Waals surface area contributed by atoms with Crippen molar-refractivity contribution in [2.45, 2.75) is 43.3 Å². The maximum atomic E-state index is 14.3. The van der Waals surface area contributed by atoms with Crippen LogP contribution in [0.4, 0.5) is 0 Å². The molecule has 0 aromatic heterocycles. The fourth-order valence-electron chi connectivity index (χ4n) is 5.71. The normalized spacial score (nSPS) is 20.7. The second-order valence-electron chi connectivity index (χ2n) is 9.87. The van der Waals surface area contributed by atoms with Crippen molar-refractivity contribution in [2.24, 2.45) is 0 Å². The maximum Gasteiger partial charge on any atom is 0.246 e. The van der Waals surface area contributed by atoms with Gasteiger partial charge >= 0.3 is 0 Å². The summed E-state index contributed by atoms with van der Waals surface area (Å²) < 4.78 is 11.1. The van der Waals surface area contributed by atoms with Crippen LogP contribution < -0.4 is 14.8 Å². The maximum absolute atomic E-state index is 14.3. The second-order valence-corrected chi connectivity index (χ2v) is 11.1. The predicted octanol–water partition coefficient (Wildman–Crippen LogP) is 5.05. The third-order valence-electron chi connectivity index (χ3n) is 7.72. The lowest BCUT2D eigenvalue weighted by atomic mass is 9.80. The van der Waals surface area contributed by atoms with Crippen LogP contribution in [0.25, 0.3) is 0 Å². The van der Waals surface area contributed by atoms with Gasteiger partial charge in [-0.25, -0.2) is 0 Å². The van der Waals surface area contributed by atoms with E-state index in [0.717, 1.165) is 28.2 Å². The molecule has 7 heteroatoms. The molecule has 0 bridgehead atoms. The first-order chi connectivity index (χ1) is 18.1. The SMILES string of the molecule is O=C1CC(c2ccc3c(c2)OCO3)N1C1(C(=O)NC(Cc2ccccc2)c2ccccc2)CCSCC1. The largest absolute Gasteiger partial charge is 0.454 e. The zero-order valence-electron chi connectivity index (χ0n) is 20.6. The van der Waals surface area contributed by atoms with Gasteiger partial charge in [0.2, 0.25) is 18.6 Å². The molecule has 3 aliphatic rings. The lowest BCUT2D eigenvalue weighted by Gasteiger charge is -2.54. The monoisotopic (exact) mass is 514 g/mol. The van der Waals surface area contributed by atoms with E-state index < -0.39 is 5.54 Å². The molecule has 0 saturated carbocycles. The topological polar surface area (TPSA) is 67.9 Å². The number of amides is 2. The lowest BCUT2D eigenvalue weighted by Crippen LogP contribution is -2.67. The van der Waals surface area contributed by atoms with Crippen molar-refractivity contribution in [3.05, 3.63) is 95.6 Å². The highest BCUT2D eigenvalue weighted by atomic mass is 32.2. The first kappa shape index (κ1) is 23.9. The van der Waals surface area contributed by atoms with E-state index in [9.17, 15) is 9.59 Å². The number of nitrogens with zero attached hydrogens (tertiary/aromatic N) is 1. The highest BCUT2D eigenvalue weighted by Crippen LogP contribution is 2.47. The molecule has 2 unspecified atom stereocenters. The fourth-order valence-corrected chi connectivity index (χ4v) is 6.88. The van der Waals surface area contributed by atoms with Crippen LogP contribution in [0.3, 0.4) is 0 Å². The summed E-state index contributed by atoms with van der Waals surface area (Å²) in [7, 11) is 0. The quantitative estimate of drug-likeness (QED) is 0.447. The van der Waals surface area contributed by atoms with Crippen molar-refractivity contribution in [1.29, 1.82) is 0 Å². The number of carbonyl (C=O) groups is 2. The number of benzene rings is 3. The predicted molar refractivity (Wildman–Crippen MR) is 144 cm³/mol. The molecule has 0 spiro atoms. The van der Waals surface area contributed by atoms with Gasteiger partial charge in [0.15, 0.2) is 11.5 Å². The first-order valence-corrected chi connectivity index (χ1v) is 14.0. The Balaban J connectivity index is 1.31. The number of fused-ring (bicyclic) bond motifs is 1. The van der Waals surface area contributed by atoms with Crippen LogP contribution in [0.2, 0.25) is 0 Å². The Morgan fingerprint density at radius 2 is 1.68 bits per heavy atom. The second kappa shape index (κ2) is 10.1. The molecule has 2 saturated heterocycles. The number of β-lactam (4-membered cyclic amide) rings is 1. The van der Waals surface area contributed by atoms with E-state index in [0.29, 0.717) is 37.2 Å². The molecule has 3 heterocycles. The van der Waals surface area contributed by atoms with Crippen molar-refractivity contribution in [3.63, 3.8) is 0 Å². The van der Waals surface area contributed by atoms with E-state index in [1.165, 1.54) is 0 Å². The number of hydrogen-bond donors (Lipinski definition) is 1. The Hall–Kier alpha value is -3.45. The molecule has 37 heavy (non-hydrogen) atoms. The van der Waals surface area contributed by atoms with Crippen LogP contribution in [-0.2, 0) is 16.0 Å². The first-order valence-electron chi connectivity index (χ1n) is 12.8. The minimum Gasteiger partial charge on any atom is -0.454 e. The number of ether oxygens (including phenoxy) is 2. The van der Waals surface area contributed by atoms with Crippen molar-refractivity contribution < 1.29 is 19.1 Å². The van der Waals surface area contributed by atoms with Gasteiger partial charge in [0.1, 0.15) is 5.54 Å². The highest BCUT2D eigenvalue weighted by molar-refractivity contribution is 7.99. The van der Waals surface area contributed by atoms with E-state index >= 15 is 0 Å². The van der Waals surface area contributed by atoms with Crippen molar-refractivity contribution in [3.8, 4) is 11.5 Å². The Labute approximate surface area is 221 Å².